The van der Waals surface area contributed by atoms with Crippen LogP contribution in [0.1, 0.15) is 52.9 Å². The second-order valence-electron chi connectivity index (χ2n) is 5.62. The zero-order valence-corrected chi connectivity index (χ0v) is 12.6. The van der Waals surface area contributed by atoms with Crippen molar-refractivity contribution in [2.45, 2.75) is 63.7 Å². The average Bonchev–Trinajstić information content (AvgIpc) is 2.77. The van der Waals surface area contributed by atoms with Crippen LogP contribution in [-0.2, 0) is 14.6 Å². The van der Waals surface area contributed by atoms with Crippen molar-refractivity contribution >= 4 is 15.7 Å². The van der Waals surface area contributed by atoms with E-state index in [1.807, 2.05) is 6.92 Å². The molecule has 0 aromatic heterocycles. The molecule has 0 bridgehead atoms. The van der Waals surface area contributed by atoms with Gasteiger partial charge in [-0.3, -0.25) is 4.79 Å². The standard InChI is InChI=1S/C13H25NO3S/c1-5-10(2)11(3)14-12(15)13(18(4,16)17)8-6-7-9-13/h10-11H,5-9H2,1-4H3,(H,14,15)/t10-,11+/m1/s1. The number of carbonyl (C=O) groups excluding carboxylic acids is 1. The van der Waals surface area contributed by atoms with Gasteiger partial charge in [0.1, 0.15) is 4.75 Å². The summed E-state index contributed by atoms with van der Waals surface area (Å²) in [6.45, 7) is 6.07. The minimum absolute atomic E-state index is 0.0155. The highest BCUT2D eigenvalue weighted by molar-refractivity contribution is 7.92. The zero-order chi connectivity index (χ0) is 14.0. The molecule has 1 rings (SSSR count). The summed E-state index contributed by atoms with van der Waals surface area (Å²) >= 11 is 0. The minimum Gasteiger partial charge on any atom is -0.352 e. The third kappa shape index (κ3) is 2.87. The molecule has 0 aromatic carbocycles. The van der Waals surface area contributed by atoms with Crippen molar-refractivity contribution in [3.63, 3.8) is 0 Å². The maximum atomic E-state index is 12.4. The van der Waals surface area contributed by atoms with Crippen LogP contribution in [-0.4, -0.2) is 31.4 Å². The van der Waals surface area contributed by atoms with E-state index in [9.17, 15) is 13.2 Å². The Balaban J connectivity index is 2.86. The predicted molar refractivity (Wildman–Crippen MR) is 73.1 cm³/mol. The average molecular weight is 275 g/mol. The fraction of sp³-hybridized carbons (Fsp3) is 0.923. The molecular formula is C13H25NO3S. The lowest BCUT2D eigenvalue weighted by Gasteiger charge is -2.29. The highest BCUT2D eigenvalue weighted by atomic mass is 32.2. The molecule has 106 valence electrons. The first-order valence-corrected chi connectivity index (χ1v) is 8.64. The number of amides is 1. The molecule has 1 N–H and O–H groups in total. The SMILES string of the molecule is CC[C@@H](C)[C@H](C)NC(=O)C1(S(C)(=O)=O)CCCC1. The Bertz CT molecular complexity index is 396. The smallest absolute Gasteiger partial charge is 0.241 e. The van der Waals surface area contributed by atoms with Crippen molar-refractivity contribution < 1.29 is 13.2 Å². The maximum Gasteiger partial charge on any atom is 0.241 e. The van der Waals surface area contributed by atoms with Crippen LogP contribution in [0, 0.1) is 5.92 Å². The van der Waals surface area contributed by atoms with Crippen LogP contribution in [0.25, 0.3) is 0 Å². The van der Waals surface area contributed by atoms with Crippen molar-refractivity contribution in [2.24, 2.45) is 5.92 Å². The first-order valence-electron chi connectivity index (χ1n) is 6.75. The predicted octanol–water partition coefficient (Wildman–Crippen LogP) is 1.89. The second kappa shape index (κ2) is 5.59. The molecule has 0 unspecified atom stereocenters. The van der Waals surface area contributed by atoms with Gasteiger partial charge in [0.25, 0.3) is 0 Å². The Kier molecular flexibility index (Phi) is 4.81. The topological polar surface area (TPSA) is 63.2 Å². The highest BCUT2D eigenvalue weighted by Gasteiger charge is 2.50. The number of nitrogens with one attached hydrogen (secondary N) is 1. The Labute approximate surface area is 110 Å². The first-order chi connectivity index (χ1) is 8.24. The Morgan fingerprint density at radius 2 is 1.78 bits per heavy atom. The first kappa shape index (κ1) is 15.5. The third-order valence-electron chi connectivity index (χ3n) is 4.39. The lowest BCUT2D eigenvalue weighted by molar-refractivity contribution is -0.124. The third-order valence-corrected chi connectivity index (χ3v) is 6.40. The molecule has 1 aliphatic rings. The number of rotatable bonds is 5. The van der Waals surface area contributed by atoms with E-state index in [1.165, 1.54) is 6.26 Å². The van der Waals surface area contributed by atoms with Gasteiger partial charge in [0.15, 0.2) is 9.84 Å². The van der Waals surface area contributed by atoms with Gasteiger partial charge < -0.3 is 5.32 Å². The van der Waals surface area contributed by atoms with Crippen LogP contribution in [0.2, 0.25) is 0 Å². The van der Waals surface area contributed by atoms with Crippen molar-refractivity contribution in [2.75, 3.05) is 6.26 Å². The second-order valence-corrected chi connectivity index (χ2v) is 7.95. The van der Waals surface area contributed by atoms with Gasteiger partial charge in [0.05, 0.1) is 0 Å². The minimum atomic E-state index is -3.35. The monoisotopic (exact) mass is 275 g/mol. The molecule has 18 heavy (non-hydrogen) atoms. The van der Waals surface area contributed by atoms with Gasteiger partial charge in [0, 0.05) is 12.3 Å². The van der Waals surface area contributed by atoms with E-state index in [1.54, 1.807) is 0 Å². The number of carbonyl (C=O) groups is 1. The number of hydrogen-bond donors (Lipinski definition) is 1. The van der Waals surface area contributed by atoms with Crippen LogP contribution >= 0.6 is 0 Å². The lowest BCUT2D eigenvalue weighted by atomic mass is 9.99. The van der Waals surface area contributed by atoms with Crippen molar-refractivity contribution in [3.05, 3.63) is 0 Å². The summed E-state index contributed by atoms with van der Waals surface area (Å²) in [5, 5.41) is 2.90. The highest BCUT2D eigenvalue weighted by Crippen LogP contribution is 2.36. The summed E-state index contributed by atoms with van der Waals surface area (Å²) in [6, 6.07) is 0.0155. The molecule has 1 fully saturated rings. The fourth-order valence-corrected chi connectivity index (χ4v) is 3.97. The molecule has 0 radical (unpaired) electrons. The van der Waals surface area contributed by atoms with Crippen molar-refractivity contribution in [3.8, 4) is 0 Å². The van der Waals surface area contributed by atoms with Crippen LogP contribution in [0.15, 0.2) is 0 Å². The van der Waals surface area contributed by atoms with Gasteiger partial charge in [-0.05, 0) is 25.7 Å². The molecule has 1 saturated carbocycles. The van der Waals surface area contributed by atoms with Crippen LogP contribution in [0.4, 0.5) is 0 Å². The molecule has 1 amide bonds. The van der Waals surface area contributed by atoms with Gasteiger partial charge in [0.2, 0.25) is 5.91 Å². The van der Waals surface area contributed by atoms with E-state index in [2.05, 4.69) is 19.2 Å². The number of hydrogen-bond acceptors (Lipinski definition) is 3. The van der Waals surface area contributed by atoms with Crippen LogP contribution in [0.5, 0.6) is 0 Å². The van der Waals surface area contributed by atoms with Gasteiger partial charge in [-0.25, -0.2) is 8.42 Å². The summed E-state index contributed by atoms with van der Waals surface area (Å²) in [7, 11) is -3.35. The van der Waals surface area contributed by atoms with E-state index in [-0.39, 0.29) is 11.9 Å². The normalized spacial score (nSPS) is 22.4. The summed E-state index contributed by atoms with van der Waals surface area (Å²) < 4.78 is 22.7. The largest absolute Gasteiger partial charge is 0.352 e. The van der Waals surface area contributed by atoms with E-state index < -0.39 is 14.6 Å². The fourth-order valence-electron chi connectivity index (χ4n) is 2.55. The van der Waals surface area contributed by atoms with Crippen molar-refractivity contribution in [1.82, 2.24) is 5.32 Å². The van der Waals surface area contributed by atoms with Gasteiger partial charge in [-0.2, -0.15) is 0 Å². The van der Waals surface area contributed by atoms with E-state index in [0.717, 1.165) is 19.3 Å². The molecule has 0 heterocycles. The van der Waals surface area contributed by atoms with E-state index in [0.29, 0.717) is 18.8 Å². The summed E-state index contributed by atoms with van der Waals surface area (Å²) in [5.74, 6) is 0.0577. The Hall–Kier alpha value is -0.580. The zero-order valence-electron chi connectivity index (χ0n) is 11.8. The quantitative estimate of drug-likeness (QED) is 0.833. The maximum absolute atomic E-state index is 12.4. The Morgan fingerprint density at radius 1 is 1.28 bits per heavy atom. The molecule has 0 aliphatic heterocycles. The summed E-state index contributed by atoms with van der Waals surface area (Å²) in [4.78, 5) is 12.4. The van der Waals surface area contributed by atoms with Gasteiger partial charge >= 0.3 is 0 Å². The van der Waals surface area contributed by atoms with Crippen LogP contribution < -0.4 is 5.32 Å². The van der Waals surface area contributed by atoms with Gasteiger partial charge in [-0.15, -0.1) is 0 Å². The van der Waals surface area contributed by atoms with Crippen molar-refractivity contribution in [1.29, 1.82) is 0 Å². The van der Waals surface area contributed by atoms with E-state index >= 15 is 0 Å². The lowest BCUT2D eigenvalue weighted by Crippen LogP contribution is -2.53. The van der Waals surface area contributed by atoms with E-state index in [4.69, 9.17) is 0 Å². The number of sulfone groups is 1. The van der Waals surface area contributed by atoms with Crippen LogP contribution in [0.3, 0.4) is 0 Å². The molecule has 1 aliphatic carbocycles. The summed E-state index contributed by atoms with van der Waals surface area (Å²) in [6.07, 6.45) is 4.71. The Morgan fingerprint density at radius 3 is 2.17 bits per heavy atom. The molecule has 2 atom stereocenters. The molecule has 0 aromatic rings. The van der Waals surface area contributed by atoms with Gasteiger partial charge in [-0.1, -0.05) is 33.1 Å². The molecule has 0 saturated heterocycles. The molecule has 0 spiro atoms. The summed E-state index contributed by atoms with van der Waals surface area (Å²) in [5.41, 5.74) is 0. The molecule has 5 heteroatoms. The molecule has 4 nitrogen and oxygen atoms in total. The molecular weight excluding hydrogens is 250 g/mol.